The lowest BCUT2D eigenvalue weighted by molar-refractivity contribution is 0.00578. The molecule has 0 aliphatic carbocycles. The number of hydrogen-bond donors (Lipinski definition) is 3. The zero-order valence-corrected chi connectivity index (χ0v) is 64.0. The third-order valence-corrected chi connectivity index (χ3v) is 19.4. The Bertz CT molecular complexity index is 4330. The van der Waals surface area contributed by atoms with Crippen LogP contribution in [0.25, 0.3) is 32.2 Å². The molecule has 5 aromatic heterocycles. The Morgan fingerprint density at radius 3 is 1.50 bits per heavy atom. The van der Waals surface area contributed by atoms with E-state index in [1.165, 1.54) is 25.0 Å². The van der Waals surface area contributed by atoms with Crippen LogP contribution in [-0.4, -0.2) is 207 Å². The molecular formula is C76H91BBrClN18O10. The normalized spacial score (nSPS) is 17.4. The van der Waals surface area contributed by atoms with Crippen LogP contribution in [0, 0.1) is 24.5 Å². The van der Waals surface area contributed by atoms with E-state index in [1.807, 2.05) is 94.4 Å². The van der Waals surface area contributed by atoms with E-state index in [0.717, 1.165) is 123 Å². The quantitative estimate of drug-likeness (QED) is 0.0372. The lowest BCUT2D eigenvalue weighted by atomic mass is 9.79. The van der Waals surface area contributed by atoms with Crippen LogP contribution in [0.5, 0.6) is 29.0 Å². The molecule has 28 nitrogen and oxygen atoms in total. The molecule has 14 rings (SSSR count). The van der Waals surface area contributed by atoms with Crippen LogP contribution in [-0.2, 0) is 23.5 Å². The van der Waals surface area contributed by atoms with Crippen molar-refractivity contribution >= 4 is 86.1 Å². The number of pyridine rings is 2. The molecule has 0 radical (unpaired) electrons. The number of rotatable bonds is 15. The number of nitriles is 1. The molecule has 3 aromatic carbocycles. The topological polar surface area (TPSA) is 305 Å². The number of nitrogens with zero attached hydrogens (tertiary/aromatic N) is 15. The van der Waals surface area contributed by atoms with Gasteiger partial charge in [-0.25, -0.2) is 44.6 Å². The number of piperazine rings is 2. The van der Waals surface area contributed by atoms with Crippen molar-refractivity contribution in [3.63, 3.8) is 0 Å². The van der Waals surface area contributed by atoms with Gasteiger partial charge >= 0.3 is 7.12 Å². The number of nitrogens with two attached hydrogens (primary N) is 2. The molecule has 6 aliphatic rings. The molecule has 8 aromatic rings. The van der Waals surface area contributed by atoms with Crippen LogP contribution in [0.3, 0.4) is 0 Å². The van der Waals surface area contributed by atoms with Crippen LogP contribution >= 0.6 is 27.5 Å². The summed E-state index contributed by atoms with van der Waals surface area (Å²) in [7, 11) is 7.11. The number of hydrogen-bond acceptors (Lipinski definition) is 26. The number of nitrogens with one attached hydrogen (secondary N) is 1. The molecule has 0 spiro atoms. The minimum absolute atomic E-state index is 0.0636. The van der Waals surface area contributed by atoms with Crippen molar-refractivity contribution in [2.24, 2.45) is 0 Å². The highest BCUT2D eigenvalue weighted by atomic mass is 79.9. The molecule has 0 unspecified atom stereocenters. The third-order valence-electron chi connectivity index (χ3n) is 18.8. The van der Waals surface area contributed by atoms with Gasteiger partial charge in [-0.2, -0.15) is 10.2 Å². The van der Waals surface area contributed by atoms with Gasteiger partial charge in [0, 0.05) is 115 Å². The van der Waals surface area contributed by atoms with Crippen molar-refractivity contribution in [1.82, 2.24) is 49.7 Å². The van der Waals surface area contributed by atoms with Crippen molar-refractivity contribution in [3.8, 4) is 57.6 Å². The fourth-order valence-corrected chi connectivity index (χ4v) is 12.3. The predicted octanol–water partition coefficient (Wildman–Crippen LogP) is 11.7. The highest BCUT2D eigenvalue weighted by molar-refractivity contribution is 9.10. The fourth-order valence-electron chi connectivity index (χ4n) is 11.9. The molecular weight excluding hydrogens is 1450 g/mol. The molecule has 0 amide bonds. The van der Waals surface area contributed by atoms with E-state index in [1.54, 1.807) is 32.4 Å². The van der Waals surface area contributed by atoms with Crippen LogP contribution in [0.15, 0.2) is 121 Å². The number of aromatic nitrogens is 8. The van der Waals surface area contributed by atoms with E-state index in [-0.39, 0.29) is 18.3 Å². The molecule has 562 valence electrons. The summed E-state index contributed by atoms with van der Waals surface area (Å²) in [6, 6.07) is 31.8. The SMILES string of the molecule is COc1nc(Br)ccc1N1CCN(C)CC1.COc1nc(Nc2cc(-c3ccc(OC4CCOCC4)c(C#N)c3)ncn2)ccc1N1CCN(C)CC1.Nc1cc(Cl)ncn1.[C-]#[N+]c1cc(-c2cc(N)ncn2)ccc1OC1CCOCC1.[C-]#[N+]c1cc(B2OC(C)(C)C(C)(C)O2)ccc1OC1CCOCC1. The molecule has 0 saturated carbocycles. The molecule has 0 atom stereocenters. The van der Waals surface area contributed by atoms with E-state index in [4.69, 9.17) is 83.4 Å². The zero-order chi connectivity index (χ0) is 75.9. The summed E-state index contributed by atoms with van der Waals surface area (Å²) in [5.41, 5.74) is 17.5. The first-order valence-corrected chi connectivity index (χ1v) is 36.6. The second kappa shape index (κ2) is 38.7. The first kappa shape index (κ1) is 79.8. The predicted molar refractivity (Wildman–Crippen MR) is 416 cm³/mol. The van der Waals surface area contributed by atoms with E-state index >= 15 is 0 Å². The third kappa shape index (κ3) is 22.6. The number of methoxy groups -OCH3 is 2. The molecule has 6 aliphatic heterocycles. The second-order valence-electron chi connectivity index (χ2n) is 26.8. The summed E-state index contributed by atoms with van der Waals surface area (Å²) in [6.07, 6.45) is 9.56. The maximum Gasteiger partial charge on any atom is 0.493 e. The minimum Gasteiger partial charge on any atom is -0.501 e. The van der Waals surface area contributed by atoms with Gasteiger partial charge < -0.3 is 83.6 Å². The Balaban J connectivity index is 0.000000153. The minimum atomic E-state index is -0.465. The molecule has 31 heteroatoms. The van der Waals surface area contributed by atoms with Crippen molar-refractivity contribution < 1.29 is 47.2 Å². The van der Waals surface area contributed by atoms with Crippen LogP contribution < -0.4 is 55.7 Å². The summed E-state index contributed by atoms with van der Waals surface area (Å²) in [5, 5.41) is 13.3. The van der Waals surface area contributed by atoms with Crippen LogP contribution in [0.4, 0.5) is 46.0 Å². The first-order chi connectivity index (χ1) is 51.7. The number of anilines is 6. The maximum absolute atomic E-state index is 9.72. The highest BCUT2D eigenvalue weighted by Gasteiger charge is 2.52. The Hall–Kier alpha value is -9.78. The van der Waals surface area contributed by atoms with Crippen molar-refractivity contribution in [3.05, 3.63) is 154 Å². The van der Waals surface area contributed by atoms with Gasteiger partial charge in [0.2, 0.25) is 23.1 Å². The van der Waals surface area contributed by atoms with Crippen LogP contribution in [0.1, 0.15) is 71.8 Å². The zero-order valence-electron chi connectivity index (χ0n) is 61.6. The van der Waals surface area contributed by atoms with Crippen LogP contribution in [0.2, 0.25) is 5.15 Å². The summed E-state index contributed by atoms with van der Waals surface area (Å²) in [6.45, 7) is 35.2. The smallest absolute Gasteiger partial charge is 0.493 e. The molecule has 6 saturated heterocycles. The molecule has 107 heavy (non-hydrogen) atoms. The summed E-state index contributed by atoms with van der Waals surface area (Å²) in [5.74, 6) is 5.08. The summed E-state index contributed by atoms with van der Waals surface area (Å²) >= 11 is 8.77. The Morgan fingerprint density at radius 2 is 1.01 bits per heavy atom. The monoisotopic (exact) mass is 1540 g/mol. The lowest BCUT2D eigenvalue weighted by Gasteiger charge is -2.34. The van der Waals surface area contributed by atoms with Gasteiger partial charge in [0.15, 0.2) is 0 Å². The maximum atomic E-state index is 9.72. The number of nitrogen functional groups attached to an aromatic ring is 2. The van der Waals surface area contributed by atoms with Gasteiger partial charge in [0.05, 0.1) is 95.2 Å². The Labute approximate surface area is 639 Å². The molecule has 11 heterocycles. The number of ether oxygens (including phenoxy) is 8. The van der Waals surface area contributed by atoms with Gasteiger partial charge in [0.25, 0.3) is 0 Å². The van der Waals surface area contributed by atoms with Crippen molar-refractivity contribution in [2.45, 2.75) is 95.7 Å². The van der Waals surface area contributed by atoms with Gasteiger partial charge in [-0.05, 0) is 129 Å². The van der Waals surface area contributed by atoms with Crippen molar-refractivity contribution in [2.75, 3.05) is 147 Å². The van der Waals surface area contributed by atoms with Gasteiger partial charge in [-0.1, -0.05) is 29.8 Å². The standard InChI is InChI=1S/C27H31N7O3.C18H24BNO4.C16H16N4O2.C11H16BrN3O.C4H4ClN3/c1-33-9-11-34(12-10-33)23-4-6-25(32-27(23)35-2)31-26-16-22(29-18-30-26)19-3-5-24(20(15-19)17-28)37-21-7-13-36-14-8-21;1-17(2)18(3,4)24-19(23-17)13-6-7-16(15(12-13)20-5)22-14-8-10-21-11-9-14;1-18-14-8-11(13-9-16(17)20-10-19-13)2-3-15(14)22-12-4-6-21-7-5-12;1-14-5-7-15(8-6-14)9-3-4-10(12)13-11(9)16-2;5-3-1-4(6)8-2-7-3/h3-6,15-16,18,21H,7-14H2,1-2H3,(H,29,30,31,32);6-7,12,14H,8-11H2,1-4H3;2-3,8-10,12H,4-7H2,(H2,17,19,20);3-4H,5-8H2,1-2H3;1-2H,(H2,6,7,8). The van der Waals surface area contributed by atoms with Crippen molar-refractivity contribution in [1.29, 1.82) is 5.26 Å². The van der Waals surface area contributed by atoms with Gasteiger partial charge in [-0.15, -0.1) is 0 Å². The summed E-state index contributed by atoms with van der Waals surface area (Å²) in [4.78, 5) is 49.5. The number of halogens is 2. The average Bonchev–Trinajstić information content (AvgIpc) is 1.62. The number of likely N-dealkylation sites (N-methyl/N-ethyl adjacent to an activating group) is 2. The lowest BCUT2D eigenvalue weighted by Crippen LogP contribution is -2.44. The first-order valence-electron chi connectivity index (χ1n) is 35.4. The highest BCUT2D eigenvalue weighted by Crippen LogP contribution is 2.39. The molecule has 5 N–H and O–H groups in total. The van der Waals surface area contributed by atoms with Gasteiger partial charge in [-0.3, -0.25) is 0 Å². The second-order valence-corrected chi connectivity index (χ2v) is 28.0. The average molecular weight is 1540 g/mol. The van der Waals surface area contributed by atoms with E-state index in [2.05, 4.69) is 117 Å². The largest absolute Gasteiger partial charge is 0.501 e. The fraction of sp³-hybridized carbons (Fsp3) is 0.434. The Kier molecular flexibility index (Phi) is 28.8. The summed E-state index contributed by atoms with van der Waals surface area (Å²) < 4.78 is 57.9. The number of benzene rings is 3. The Morgan fingerprint density at radius 1 is 0.551 bits per heavy atom. The molecule has 6 fully saturated rings. The van der Waals surface area contributed by atoms with E-state index in [9.17, 15) is 5.26 Å². The van der Waals surface area contributed by atoms with E-state index in [0.29, 0.717) is 125 Å². The molecule has 0 bridgehead atoms. The van der Waals surface area contributed by atoms with E-state index < -0.39 is 18.3 Å². The van der Waals surface area contributed by atoms with Gasteiger partial charge in [0.1, 0.15) is 105 Å².